The molecule has 2 aliphatic rings. The quantitative estimate of drug-likeness (QED) is 0.574. The predicted molar refractivity (Wildman–Crippen MR) is 116 cm³/mol. The minimum absolute atomic E-state index is 0.0188. The molecule has 1 amide bonds. The highest BCUT2D eigenvalue weighted by Gasteiger charge is 2.39. The van der Waals surface area contributed by atoms with Crippen molar-refractivity contribution < 1.29 is 32.2 Å². The molecule has 1 fully saturated rings. The second-order valence-corrected chi connectivity index (χ2v) is 8.32. The van der Waals surface area contributed by atoms with Crippen molar-refractivity contribution in [3.63, 3.8) is 0 Å². The van der Waals surface area contributed by atoms with E-state index in [1.807, 2.05) is 0 Å². The van der Waals surface area contributed by atoms with Crippen LogP contribution in [0.15, 0.2) is 23.4 Å². The van der Waals surface area contributed by atoms with E-state index in [-0.39, 0.29) is 47.8 Å². The molecule has 3 heterocycles. The highest BCUT2D eigenvalue weighted by molar-refractivity contribution is 8.03. The molecule has 1 unspecified atom stereocenters. The van der Waals surface area contributed by atoms with Crippen molar-refractivity contribution in [2.45, 2.75) is 25.1 Å². The Hall–Kier alpha value is -3.15. The molecule has 9 nitrogen and oxygen atoms in total. The average molecular weight is 483 g/mol. The fraction of sp³-hybridized carbons (Fsp3) is 0.400. The van der Waals surface area contributed by atoms with Gasteiger partial charge in [-0.05, 0) is 12.1 Å². The number of carbonyl (C=O) groups is 1. The molecule has 3 N–H and O–H groups in total. The molecule has 33 heavy (non-hydrogen) atoms. The molecule has 1 aromatic heterocycles. The molecule has 2 atom stereocenters. The third-order valence-electron chi connectivity index (χ3n) is 5.25. The summed E-state index contributed by atoms with van der Waals surface area (Å²) in [6.45, 7) is 0.288. The van der Waals surface area contributed by atoms with Gasteiger partial charge in [0, 0.05) is 19.1 Å². The molecule has 0 aliphatic carbocycles. The number of alkyl halides is 2. The van der Waals surface area contributed by atoms with Gasteiger partial charge < -0.3 is 30.0 Å². The molecular weight excluding hydrogens is 463 g/mol. The number of nitrogens with two attached hydrogens (primary N) is 1. The van der Waals surface area contributed by atoms with Crippen molar-refractivity contribution in [2.75, 3.05) is 36.3 Å². The van der Waals surface area contributed by atoms with Gasteiger partial charge in [0.25, 0.3) is 6.43 Å². The van der Waals surface area contributed by atoms with Crippen molar-refractivity contribution >= 4 is 35.1 Å². The van der Waals surface area contributed by atoms with Crippen molar-refractivity contribution in [2.24, 2.45) is 5.73 Å². The van der Waals surface area contributed by atoms with E-state index >= 15 is 4.39 Å². The number of imidazole rings is 1. The zero-order chi connectivity index (χ0) is 23.7. The highest BCUT2D eigenvalue weighted by Crippen LogP contribution is 2.42. The number of ether oxygens (including phenoxy) is 2. The SMILES string of the molecule is COCC(Nc1ccc2c(c1F)OCCn1cc(N3C(=C=O)SC[C@H]3C(F)F)nc1-2)C(N)=O. The Bertz CT molecular complexity index is 1120. The summed E-state index contributed by atoms with van der Waals surface area (Å²) in [5.74, 6) is 0.567. The number of carbonyl (C=O) groups excluding carboxylic acids is 2. The number of halogens is 3. The zero-order valence-corrected chi connectivity index (χ0v) is 18.2. The maximum absolute atomic E-state index is 15.3. The van der Waals surface area contributed by atoms with Gasteiger partial charge in [-0.25, -0.2) is 22.9 Å². The van der Waals surface area contributed by atoms with Crippen LogP contribution in [0.25, 0.3) is 11.4 Å². The number of amides is 1. The molecule has 176 valence electrons. The number of primary amides is 1. The number of benzene rings is 1. The Balaban J connectivity index is 1.73. The summed E-state index contributed by atoms with van der Waals surface area (Å²) in [7, 11) is 1.38. The largest absolute Gasteiger partial charge is 0.488 e. The Morgan fingerprint density at radius 2 is 2.27 bits per heavy atom. The lowest BCUT2D eigenvalue weighted by Gasteiger charge is -2.22. The lowest BCUT2D eigenvalue weighted by atomic mass is 10.1. The number of fused-ring (bicyclic) bond motifs is 3. The van der Waals surface area contributed by atoms with Crippen LogP contribution in [0.2, 0.25) is 0 Å². The van der Waals surface area contributed by atoms with Gasteiger partial charge in [0.05, 0.1) is 24.4 Å². The number of nitrogens with one attached hydrogen (secondary N) is 1. The maximum atomic E-state index is 15.3. The van der Waals surface area contributed by atoms with Gasteiger partial charge in [0.1, 0.15) is 24.5 Å². The van der Waals surface area contributed by atoms with E-state index in [2.05, 4.69) is 10.3 Å². The third-order valence-corrected chi connectivity index (χ3v) is 6.31. The van der Waals surface area contributed by atoms with Gasteiger partial charge in [-0.15, -0.1) is 0 Å². The first-order chi connectivity index (χ1) is 15.8. The standard InChI is InChI=1S/C20H20F3N5O4S/c1-31-8-12(19(24)30)25-11-3-2-10-17(16(11)21)32-5-4-27-6-14(26-20(10)27)28-13(18(22)23)9-33-15(28)7-29/h2-3,6,12-13,18,25H,4-5,8-9H2,1H3,(H2,24,30)/t12?,13-/m0/s1. The van der Waals surface area contributed by atoms with Crippen LogP contribution in [0.3, 0.4) is 0 Å². The monoisotopic (exact) mass is 483 g/mol. The number of hydrogen-bond donors (Lipinski definition) is 2. The highest BCUT2D eigenvalue weighted by atomic mass is 32.2. The molecule has 2 aromatic rings. The van der Waals surface area contributed by atoms with Crippen LogP contribution in [0, 0.1) is 5.82 Å². The van der Waals surface area contributed by atoms with Crippen LogP contribution < -0.4 is 20.7 Å². The van der Waals surface area contributed by atoms with Gasteiger partial charge in [0.2, 0.25) is 5.91 Å². The van der Waals surface area contributed by atoms with Crippen LogP contribution in [0.4, 0.5) is 24.7 Å². The Kier molecular flexibility index (Phi) is 6.54. The summed E-state index contributed by atoms with van der Waals surface area (Å²) in [6, 6.07) is 0.752. The Morgan fingerprint density at radius 1 is 1.48 bits per heavy atom. The number of aromatic nitrogens is 2. The number of methoxy groups -OCH3 is 1. The van der Waals surface area contributed by atoms with Gasteiger partial charge in [-0.2, -0.15) is 0 Å². The first kappa shape index (κ1) is 23.0. The summed E-state index contributed by atoms with van der Waals surface area (Å²) in [5.41, 5.74) is 5.60. The molecule has 2 aliphatic heterocycles. The van der Waals surface area contributed by atoms with E-state index in [1.54, 1.807) is 16.6 Å². The van der Waals surface area contributed by atoms with Crippen LogP contribution in [0.5, 0.6) is 5.75 Å². The zero-order valence-electron chi connectivity index (χ0n) is 17.4. The van der Waals surface area contributed by atoms with E-state index in [1.165, 1.54) is 24.3 Å². The Morgan fingerprint density at radius 3 is 2.94 bits per heavy atom. The molecule has 0 spiro atoms. The van der Waals surface area contributed by atoms with Crippen LogP contribution >= 0.6 is 11.8 Å². The minimum Gasteiger partial charge on any atom is -0.488 e. The summed E-state index contributed by atoms with van der Waals surface area (Å²) in [4.78, 5) is 28.5. The fourth-order valence-electron chi connectivity index (χ4n) is 3.68. The van der Waals surface area contributed by atoms with E-state index in [0.29, 0.717) is 11.4 Å². The maximum Gasteiger partial charge on any atom is 0.259 e. The molecule has 13 heteroatoms. The number of nitrogens with zero attached hydrogens (tertiary/aromatic N) is 3. The summed E-state index contributed by atoms with van der Waals surface area (Å²) < 4.78 is 54.6. The lowest BCUT2D eigenvalue weighted by molar-refractivity contribution is -0.119. The normalized spacial score (nSPS) is 18.3. The van der Waals surface area contributed by atoms with Crippen LogP contribution in [-0.4, -0.2) is 66.0 Å². The van der Waals surface area contributed by atoms with Crippen molar-refractivity contribution in [1.29, 1.82) is 0 Å². The summed E-state index contributed by atoms with van der Waals surface area (Å²) in [6.07, 6.45) is -1.17. The van der Waals surface area contributed by atoms with Gasteiger partial charge >= 0.3 is 0 Å². The number of hydrogen-bond acceptors (Lipinski definition) is 8. The lowest BCUT2D eigenvalue weighted by Crippen LogP contribution is -2.39. The second-order valence-electron chi connectivity index (χ2n) is 7.31. The Labute approximate surface area is 190 Å². The number of thioether (sulfide) groups is 1. The second kappa shape index (κ2) is 9.38. The van der Waals surface area contributed by atoms with Gasteiger partial charge in [-0.3, -0.25) is 4.79 Å². The molecular formula is C20H20F3N5O4S. The van der Waals surface area contributed by atoms with Crippen molar-refractivity contribution in [3.05, 3.63) is 29.2 Å². The van der Waals surface area contributed by atoms with E-state index in [0.717, 1.165) is 11.8 Å². The predicted octanol–water partition coefficient (Wildman–Crippen LogP) is 1.85. The fourth-order valence-corrected chi connectivity index (χ4v) is 4.73. The van der Waals surface area contributed by atoms with E-state index < -0.39 is 30.2 Å². The average Bonchev–Trinajstić information content (AvgIpc) is 3.35. The van der Waals surface area contributed by atoms with Crippen molar-refractivity contribution in [3.8, 4) is 17.1 Å². The topological polar surface area (TPSA) is 112 Å². The summed E-state index contributed by atoms with van der Waals surface area (Å²) in [5, 5.41) is 2.72. The smallest absolute Gasteiger partial charge is 0.259 e. The molecule has 0 saturated carbocycles. The van der Waals surface area contributed by atoms with Crippen LogP contribution in [0.1, 0.15) is 0 Å². The van der Waals surface area contributed by atoms with Crippen molar-refractivity contribution in [1.82, 2.24) is 9.55 Å². The molecule has 1 aromatic carbocycles. The first-order valence-corrected chi connectivity index (χ1v) is 10.9. The first-order valence-electron chi connectivity index (χ1n) is 9.88. The summed E-state index contributed by atoms with van der Waals surface area (Å²) >= 11 is 0.982. The third kappa shape index (κ3) is 4.26. The van der Waals surface area contributed by atoms with Gasteiger partial charge in [-0.1, -0.05) is 11.8 Å². The number of anilines is 2. The van der Waals surface area contributed by atoms with Crippen LogP contribution in [-0.2, 0) is 20.9 Å². The number of rotatable bonds is 7. The molecule has 0 bridgehead atoms. The molecule has 4 rings (SSSR count). The molecule has 1 saturated heterocycles. The molecule has 0 radical (unpaired) electrons. The minimum atomic E-state index is -2.70. The van der Waals surface area contributed by atoms with Gasteiger partial charge in [0.15, 0.2) is 28.4 Å². The van der Waals surface area contributed by atoms with E-state index in [9.17, 15) is 18.4 Å². The van der Waals surface area contributed by atoms with E-state index in [4.69, 9.17) is 15.2 Å².